The van der Waals surface area contributed by atoms with Crippen molar-refractivity contribution in [1.29, 1.82) is 0 Å². The highest BCUT2D eigenvalue weighted by molar-refractivity contribution is 5.70. The lowest BCUT2D eigenvalue weighted by atomic mass is 10.1. The Hall–Kier alpha value is -2.37. The Kier molecular flexibility index (Phi) is 3.79. The molecule has 0 spiro atoms. The summed E-state index contributed by atoms with van der Waals surface area (Å²) < 4.78 is 7.09. The predicted molar refractivity (Wildman–Crippen MR) is 71.2 cm³/mol. The van der Waals surface area contributed by atoms with Crippen molar-refractivity contribution in [3.8, 4) is 17.0 Å². The summed E-state index contributed by atoms with van der Waals surface area (Å²) in [6, 6.07) is 6.39. The number of methoxy groups -OCH3 is 1. The first kappa shape index (κ1) is 13.1. The predicted octanol–water partition coefficient (Wildman–Crippen LogP) is 2.88. The van der Waals surface area contributed by atoms with Crippen molar-refractivity contribution in [3.63, 3.8) is 0 Å². The van der Waals surface area contributed by atoms with E-state index in [2.05, 4.69) is 12.0 Å². The lowest BCUT2D eigenvalue weighted by Gasteiger charge is -2.10. The third-order valence-electron chi connectivity index (χ3n) is 2.82. The molecule has 0 unspecified atom stereocenters. The van der Waals surface area contributed by atoms with Crippen molar-refractivity contribution in [2.45, 2.75) is 19.9 Å². The molecule has 1 aromatic carbocycles. The molecule has 0 amide bonds. The second kappa shape index (κ2) is 5.51. The standard InChI is InChI=1S/C13H15N3O3/c1-3-8-15-12(6-7-14-15)11-9-10(16(17)18)4-5-13(11)19-2/h4-7,9H,3,8H2,1-2H3. The smallest absolute Gasteiger partial charge is 0.270 e. The number of aromatic nitrogens is 2. The second-order valence-corrected chi connectivity index (χ2v) is 4.08. The van der Waals surface area contributed by atoms with Gasteiger partial charge in [-0.3, -0.25) is 14.8 Å². The van der Waals surface area contributed by atoms with Crippen molar-refractivity contribution >= 4 is 5.69 Å². The SMILES string of the molecule is CCCn1nccc1-c1cc([N+](=O)[O-])ccc1OC. The molecule has 0 saturated carbocycles. The van der Waals surface area contributed by atoms with Gasteiger partial charge in [-0.15, -0.1) is 0 Å². The van der Waals surface area contributed by atoms with E-state index in [1.807, 2.05) is 10.7 Å². The number of benzene rings is 1. The molecule has 0 radical (unpaired) electrons. The van der Waals surface area contributed by atoms with Gasteiger partial charge in [0.25, 0.3) is 5.69 Å². The van der Waals surface area contributed by atoms with E-state index in [0.29, 0.717) is 11.3 Å². The monoisotopic (exact) mass is 261 g/mol. The summed E-state index contributed by atoms with van der Waals surface area (Å²) in [6.45, 7) is 2.81. The molecule has 2 aromatic rings. The Morgan fingerprint density at radius 3 is 2.84 bits per heavy atom. The summed E-state index contributed by atoms with van der Waals surface area (Å²) in [6.07, 6.45) is 2.62. The van der Waals surface area contributed by atoms with Gasteiger partial charge >= 0.3 is 0 Å². The third-order valence-corrected chi connectivity index (χ3v) is 2.82. The minimum absolute atomic E-state index is 0.0417. The molecule has 1 heterocycles. The third kappa shape index (κ3) is 2.57. The summed E-state index contributed by atoms with van der Waals surface area (Å²) in [5.41, 5.74) is 1.55. The average Bonchev–Trinajstić information content (AvgIpc) is 2.86. The molecule has 6 heteroatoms. The van der Waals surface area contributed by atoms with Gasteiger partial charge in [-0.05, 0) is 18.6 Å². The number of non-ortho nitro benzene ring substituents is 1. The first-order valence-electron chi connectivity index (χ1n) is 6.02. The second-order valence-electron chi connectivity index (χ2n) is 4.08. The number of nitro benzene ring substituents is 1. The topological polar surface area (TPSA) is 70.2 Å². The fraction of sp³-hybridized carbons (Fsp3) is 0.308. The Bertz CT molecular complexity index is 593. The lowest BCUT2D eigenvalue weighted by Crippen LogP contribution is -2.02. The van der Waals surface area contributed by atoms with E-state index < -0.39 is 4.92 Å². The van der Waals surface area contributed by atoms with E-state index in [1.54, 1.807) is 19.4 Å². The zero-order chi connectivity index (χ0) is 13.8. The zero-order valence-corrected chi connectivity index (χ0v) is 10.9. The van der Waals surface area contributed by atoms with Crippen LogP contribution < -0.4 is 4.74 Å². The normalized spacial score (nSPS) is 10.4. The van der Waals surface area contributed by atoms with Crippen LogP contribution in [0.2, 0.25) is 0 Å². The molecule has 0 bridgehead atoms. The van der Waals surface area contributed by atoms with Gasteiger partial charge in [-0.2, -0.15) is 5.10 Å². The average molecular weight is 261 g/mol. The zero-order valence-electron chi connectivity index (χ0n) is 10.9. The molecule has 0 saturated heterocycles. The quantitative estimate of drug-likeness (QED) is 0.613. The highest BCUT2D eigenvalue weighted by atomic mass is 16.6. The summed E-state index contributed by atoms with van der Waals surface area (Å²) in [4.78, 5) is 10.5. The fourth-order valence-corrected chi connectivity index (χ4v) is 1.96. The van der Waals surface area contributed by atoms with E-state index in [-0.39, 0.29) is 5.69 Å². The first-order chi connectivity index (χ1) is 9.17. The summed E-state index contributed by atoms with van der Waals surface area (Å²) in [5.74, 6) is 0.600. The molecule has 0 aliphatic heterocycles. The molecule has 0 aliphatic carbocycles. The van der Waals surface area contributed by atoms with Crippen molar-refractivity contribution in [2.24, 2.45) is 0 Å². The van der Waals surface area contributed by atoms with Gasteiger partial charge < -0.3 is 4.74 Å². The van der Waals surface area contributed by atoms with Crippen LogP contribution in [0.1, 0.15) is 13.3 Å². The number of ether oxygens (including phenoxy) is 1. The largest absolute Gasteiger partial charge is 0.496 e. The van der Waals surface area contributed by atoms with Gasteiger partial charge in [0.05, 0.1) is 17.7 Å². The van der Waals surface area contributed by atoms with Gasteiger partial charge in [0, 0.05) is 30.4 Å². The van der Waals surface area contributed by atoms with E-state index in [4.69, 9.17) is 4.74 Å². The molecule has 0 atom stereocenters. The fourth-order valence-electron chi connectivity index (χ4n) is 1.96. The summed E-state index contributed by atoms with van der Waals surface area (Å²) in [5, 5.41) is 15.1. The molecule has 6 nitrogen and oxygen atoms in total. The van der Waals surface area contributed by atoms with Crippen LogP contribution in [0.4, 0.5) is 5.69 Å². The van der Waals surface area contributed by atoms with Crippen LogP contribution >= 0.6 is 0 Å². The van der Waals surface area contributed by atoms with Crippen LogP contribution in [0.3, 0.4) is 0 Å². The van der Waals surface area contributed by atoms with Crippen molar-refractivity contribution in [2.75, 3.05) is 7.11 Å². The maximum absolute atomic E-state index is 10.9. The number of aryl methyl sites for hydroxylation is 1. The Morgan fingerprint density at radius 2 is 2.21 bits per heavy atom. The molecule has 2 rings (SSSR count). The molecule has 100 valence electrons. The minimum atomic E-state index is -0.413. The van der Waals surface area contributed by atoms with Crippen LogP contribution in [0.15, 0.2) is 30.5 Å². The van der Waals surface area contributed by atoms with E-state index >= 15 is 0 Å². The lowest BCUT2D eigenvalue weighted by molar-refractivity contribution is -0.384. The van der Waals surface area contributed by atoms with Crippen molar-refractivity contribution in [3.05, 3.63) is 40.6 Å². The number of nitro groups is 1. The van der Waals surface area contributed by atoms with Crippen molar-refractivity contribution < 1.29 is 9.66 Å². The minimum Gasteiger partial charge on any atom is -0.496 e. The number of hydrogen-bond acceptors (Lipinski definition) is 4. The highest BCUT2D eigenvalue weighted by Gasteiger charge is 2.15. The first-order valence-corrected chi connectivity index (χ1v) is 6.02. The van der Waals surface area contributed by atoms with Gasteiger partial charge in [-0.1, -0.05) is 6.92 Å². The maximum Gasteiger partial charge on any atom is 0.270 e. The summed E-state index contributed by atoms with van der Waals surface area (Å²) in [7, 11) is 1.55. The van der Waals surface area contributed by atoms with Crippen LogP contribution in [0, 0.1) is 10.1 Å². The number of rotatable bonds is 5. The molecular weight excluding hydrogens is 246 g/mol. The number of nitrogens with zero attached hydrogens (tertiary/aromatic N) is 3. The van der Waals surface area contributed by atoms with Gasteiger partial charge in [-0.25, -0.2) is 0 Å². The molecule has 0 fully saturated rings. The maximum atomic E-state index is 10.9. The van der Waals surface area contributed by atoms with Gasteiger partial charge in [0.2, 0.25) is 0 Å². The van der Waals surface area contributed by atoms with Crippen LogP contribution in [0.25, 0.3) is 11.3 Å². The van der Waals surface area contributed by atoms with E-state index in [9.17, 15) is 10.1 Å². The Labute approximate surface area is 110 Å². The van der Waals surface area contributed by atoms with Gasteiger partial charge in [0.15, 0.2) is 0 Å². The number of hydrogen-bond donors (Lipinski definition) is 0. The molecule has 1 aromatic heterocycles. The highest BCUT2D eigenvalue weighted by Crippen LogP contribution is 2.33. The van der Waals surface area contributed by atoms with E-state index in [0.717, 1.165) is 18.7 Å². The van der Waals surface area contributed by atoms with Crippen molar-refractivity contribution in [1.82, 2.24) is 9.78 Å². The summed E-state index contributed by atoms with van der Waals surface area (Å²) >= 11 is 0. The van der Waals surface area contributed by atoms with Gasteiger partial charge in [0.1, 0.15) is 5.75 Å². The van der Waals surface area contributed by atoms with Crippen LogP contribution in [0.5, 0.6) is 5.75 Å². The molecule has 0 aliphatic rings. The molecule has 19 heavy (non-hydrogen) atoms. The van der Waals surface area contributed by atoms with E-state index in [1.165, 1.54) is 12.1 Å². The molecule has 0 N–H and O–H groups in total. The van der Waals surface area contributed by atoms with Crippen LogP contribution in [-0.2, 0) is 6.54 Å². The van der Waals surface area contributed by atoms with Crippen LogP contribution in [-0.4, -0.2) is 21.8 Å². The Balaban J connectivity index is 2.55. The Morgan fingerprint density at radius 1 is 1.42 bits per heavy atom. The molecular formula is C13H15N3O3.